The zero-order chi connectivity index (χ0) is 25.1. The Morgan fingerprint density at radius 2 is 1.81 bits per heavy atom. The van der Waals surface area contributed by atoms with Crippen molar-refractivity contribution in [1.82, 2.24) is 9.88 Å². The molecule has 1 aromatic heterocycles. The normalized spacial score (nSPS) is 19.1. The summed E-state index contributed by atoms with van der Waals surface area (Å²) in [6.07, 6.45) is 4.07. The SMILES string of the molecule is N#Cc1ccc(C(=O)c2sc(Nc3ccc(N4CCC(N5CCCC(O)C5)CC4)cc3)nc2N)cc1. The number of thiazole rings is 1. The van der Waals surface area contributed by atoms with Crippen molar-refractivity contribution >= 4 is 39.4 Å². The number of likely N-dealkylation sites (tertiary alicyclic amines) is 1. The molecule has 2 aliphatic heterocycles. The van der Waals surface area contributed by atoms with Gasteiger partial charge in [-0.15, -0.1) is 0 Å². The molecule has 9 heteroatoms. The number of benzene rings is 2. The Hall–Kier alpha value is -3.45. The molecule has 2 aliphatic rings. The Balaban J connectivity index is 1.18. The summed E-state index contributed by atoms with van der Waals surface area (Å²) in [5.74, 6) is -0.0158. The maximum atomic E-state index is 12.9. The Morgan fingerprint density at radius 1 is 1.08 bits per heavy atom. The van der Waals surface area contributed by atoms with Crippen LogP contribution in [0.1, 0.15) is 46.5 Å². The molecule has 0 spiro atoms. The molecular weight excluding hydrogens is 472 g/mol. The van der Waals surface area contributed by atoms with E-state index in [4.69, 9.17) is 11.0 Å². The van der Waals surface area contributed by atoms with Crippen LogP contribution in [0.15, 0.2) is 48.5 Å². The van der Waals surface area contributed by atoms with Gasteiger partial charge in [0.05, 0.1) is 17.7 Å². The second kappa shape index (κ2) is 10.7. The number of nitrogens with one attached hydrogen (secondary N) is 1. The van der Waals surface area contributed by atoms with Gasteiger partial charge in [-0.3, -0.25) is 9.69 Å². The first kappa shape index (κ1) is 24.3. The van der Waals surface area contributed by atoms with Crippen molar-refractivity contribution in [3.8, 4) is 6.07 Å². The molecule has 3 heterocycles. The van der Waals surface area contributed by atoms with Crippen molar-refractivity contribution < 1.29 is 9.90 Å². The van der Waals surface area contributed by atoms with E-state index in [-0.39, 0.29) is 17.7 Å². The van der Waals surface area contributed by atoms with E-state index in [2.05, 4.69) is 32.2 Å². The molecule has 5 rings (SSSR count). The number of nitriles is 1. The van der Waals surface area contributed by atoms with Gasteiger partial charge in [0.25, 0.3) is 0 Å². The molecule has 0 radical (unpaired) electrons. The lowest BCUT2D eigenvalue weighted by Gasteiger charge is -2.42. The van der Waals surface area contributed by atoms with Gasteiger partial charge in [0.15, 0.2) is 5.13 Å². The highest BCUT2D eigenvalue weighted by molar-refractivity contribution is 7.18. The first-order valence-corrected chi connectivity index (χ1v) is 13.2. The van der Waals surface area contributed by atoms with E-state index in [0.29, 0.717) is 27.2 Å². The number of nitrogen functional groups attached to an aromatic ring is 1. The number of ketones is 1. The fourth-order valence-electron chi connectivity index (χ4n) is 5.06. The fourth-order valence-corrected chi connectivity index (χ4v) is 5.93. The van der Waals surface area contributed by atoms with Crippen LogP contribution in [-0.2, 0) is 0 Å². The molecule has 8 nitrogen and oxygen atoms in total. The number of carbonyl (C=O) groups is 1. The van der Waals surface area contributed by atoms with Gasteiger partial charge >= 0.3 is 0 Å². The molecule has 0 bridgehead atoms. The van der Waals surface area contributed by atoms with Gasteiger partial charge in [0, 0.05) is 42.6 Å². The number of carbonyl (C=O) groups excluding carboxylic acids is 1. The number of aliphatic hydroxyl groups is 1. The minimum Gasteiger partial charge on any atom is -0.392 e. The number of hydrogen-bond donors (Lipinski definition) is 3. The maximum absolute atomic E-state index is 12.9. The van der Waals surface area contributed by atoms with E-state index in [9.17, 15) is 9.90 Å². The molecule has 3 aromatic rings. The molecule has 1 atom stereocenters. The molecule has 36 heavy (non-hydrogen) atoms. The van der Waals surface area contributed by atoms with Gasteiger partial charge in [-0.2, -0.15) is 5.26 Å². The summed E-state index contributed by atoms with van der Waals surface area (Å²) in [5, 5.41) is 22.8. The fraction of sp³-hybridized carbons (Fsp3) is 0.370. The maximum Gasteiger partial charge on any atom is 0.206 e. The van der Waals surface area contributed by atoms with E-state index in [1.54, 1.807) is 24.3 Å². The van der Waals surface area contributed by atoms with Gasteiger partial charge < -0.3 is 21.1 Å². The Kier molecular flexibility index (Phi) is 7.18. The predicted octanol–water partition coefficient (Wildman–Crippen LogP) is 4.00. The topological polar surface area (TPSA) is 119 Å². The number of hydrogen-bond acceptors (Lipinski definition) is 9. The van der Waals surface area contributed by atoms with Crippen molar-refractivity contribution in [3.63, 3.8) is 0 Å². The Labute approximate surface area is 215 Å². The summed E-state index contributed by atoms with van der Waals surface area (Å²) in [6, 6.07) is 17.3. The number of aliphatic hydroxyl groups excluding tert-OH is 1. The van der Waals surface area contributed by atoms with Crippen LogP contribution in [0.2, 0.25) is 0 Å². The van der Waals surface area contributed by atoms with E-state index >= 15 is 0 Å². The van der Waals surface area contributed by atoms with E-state index in [1.807, 2.05) is 18.2 Å². The van der Waals surface area contributed by atoms with Crippen LogP contribution in [-0.4, -0.2) is 59.1 Å². The third kappa shape index (κ3) is 5.36. The van der Waals surface area contributed by atoms with Crippen molar-refractivity contribution in [3.05, 3.63) is 64.5 Å². The highest BCUT2D eigenvalue weighted by atomic mass is 32.1. The summed E-state index contributed by atoms with van der Waals surface area (Å²) >= 11 is 1.22. The molecule has 0 amide bonds. The lowest BCUT2D eigenvalue weighted by molar-refractivity contribution is 0.0398. The minimum atomic E-state index is -0.208. The molecule has 4 N–H and O–H groups in total. The quantitative estimate of drug-likeness (QED) is 0.433. The molecule has 2 fully saturated rings. The summed E-state index contributed by atoms with van der Waals surface area (Å²) in [4.78, 5) is 22.4. The van der Waals surface area contributed by atoms with Crippen LogP contribution in [0.25, 0.3) is 0 Å². The van der Waals surface area contributed by atoms with Crippen LogP contribution in [0.4, 0.5) is 22.3 Å². The van der Waals surface area contributed by atoms with Gasteiger partial charge in [-0.05, 0) is 80.8 Å². The largest absolute Gasteiger partial charge is 0.392 e. The van der Waals surface area contributed by atoms with Crippen molar-refractivity contribution in [2.24, 2.45) is 0 Å². The number of anilines is 4. The first-order chi connectivity index (χ1) is 17.5. The van der Waals surface area contributed by atoms with Crippen LogP contribution in [0.3, 0.4) is 0 Å². The molecule has 0 aliphatic carbocycles. The molecule has 0 saturated carbocycles. The lowest BCUT2D eigenvalue weighted by atomic mass is 9.98. The second-order valence-corrected chi connectivity index (χ2v) is 10.4. The van der Waals surface area contributed by atoms with Gasteiger partial charge in [-0.25, -0.2) is 4.98 Å². The predicted molar refractivity (Wildman–Crippen MR) is 143 cm³/mol. The van der Waals surface area contributed by atoms with Gasteiger partial charge in [-0.1, -0.05) is 11.3 Å². The zero-order valence-electron chi connectivity index (χ0n) is 20.1. The minimum absolute atomic E-state index is 0.171. The number of rotatable bonds is 6. The number of nitrogens with zero attached hydrogens (tertiary/aromatic N) is 4. The summed E-state index contributed by atoms with van der Waals surface area (Å²) in [5.41, 5.74) is 9.08. The highest BCUT2D eigenvalue weighted by Gasteiger charge is 2.28. The van der Waals surface area contributed by atoms with Crippen LogP contribution < -0.4 is 16.0 Å². The monoisotopic (exact) mass is 502 g/mol. The van der Waals surface area contributed by atoms with Crippen molar-refractivity contribution in [2.75, 3.05) is 42.1 Å². The third-order valence-electron chi connectivity index (χ3n) is 7.03. The molecule has 186 valence electrons. The summed E-state index contributed by atoms with van der Waals surface area (Å²) in [6.45, 7) is 3.93. The summed E-state index contributed by atoms with van der Waals surface area (Å²) < 4.78 is 0. The average Bonchev–Trinajstić information content (AvgIpc) is 3.28. The smallest absolute Gasteiger partial charge is 0.206 e. The second-order valence-electron chi connectivity index (χ2n) is 9.43. The zero-order valence-corrected chi connectivity index (χ0v) is 20.9. The molecule has 1 unspecified atom stereocenters. The molecule has 2 aromatic carbocycles. The van der Waals surface area contributed by atoms with Crippen LogP contribution >= 0.6 is 11.3 Å². The molecule has 2 saturated heterocycles. The number of nitrogens with two attached hydrogens (primary N) is 1. The van der Waals surface area contributed by atoms with E-state index < -0.39 is 0 Å². The highest BCUT2D eigenvalue weighted by Crippen LogP contribution is 2.31. The summed E-state index contributed by atoms with van der Waals surface area (Å²) in [7, 11) is 0. The van der Waals surface area contributed by atoms with Crippen molar-refractivity contribution in [2.45, 2.75) is 37.8 Å². The standard InChI is InChI=1S/C27H30N6O2S/c28-16-18-3-5-19(6-4-18)24(35)25-26(29)31-27(36-25)30-20-7-9-21(10-8-20)32-14-11-22(12-15-32)33-13-1-2-23(34)17-33/h3-10,22-23,34H,1-2,11-15,17,29H2,(H,30,31). The molecular formula is C27H30N6O2S. The van der Waals surface area contributed by atoms with Crippen molar-refractivity contribution in [1.29, 1.82) is 5.26 Å². The van der Waals surface area contributed by atoms with Crippen LogP contribution in [0, 0.1) is 11.3 Å². The lowest BCUT2D eigenvalue weighted by Crippen LogP contribution is -2.49. The van der Waals surface area contributed by atoms with Gasteiger partial charge in [0.2, 0.25) is 5.78 Å². The number of β-amino-alcohol motifs (C(OH)–C–C–N with tert-alkyl or cyclic N) is 1. The number of piperidine rings is 2. The first-order valence-electron chi connectivity index (χ1n) is 12.4. The average molecular weight is 503 g/mol. The van der Waals surface area contributed by atoms with E-state index in [1.165, 1.54) is 17.0 Å². The Bertz CT molecular complexity index is 1240. The van der Waals surface area contributed by atoms with E-state index in [0.717, 1.165) is 57.5 Å². The third-order valence-corrected chi connectivity index (χ3v) is 8.01. The van der Waals surface area contributed by atoms with Crippen LogP contribution in [0.5, 0.6) is 0 Å². The Morgan fingerprint density at radius 3 is 2.47 bits per heavy atom. The van der Waals surface area contributed by atoms with Gasteiger partial charge in [0.1, 0.15) is 10.7 Å². The number of aromatic nitrogens is 1.